The molecule has 0 heterocycles. The van der Waals surface area contributed by atoms with Crippen LogP contribution in [0.2, 0.25) is 0 Å². The van der Waals surface area contributed by atoms with Gasteiger partial charge in [-0.15, -0.1) is 0 Å². The van der Waals surface area contributed by atoms with Gasteiger partial charge in [0.05, 0.1) is 27.4 Å². The van der Waals surface area contributed by atoms with Gasteiger partial charge in [-0.3, -0.25) is 4.79 Å². The Bertz CT molecular complexity index is 675. The van der Waals surface area contributed by atoms with Crippen molar-refractivity contribution in [2.75, 3.05) is 21.3 Å². The first-order valence-corrected chi connectivity index (χ1v) is 8.30. The Morgan fingerprint density at radius 1 is 1.00 bits per heavy atom. The molecule has 0 fully saturated rings. The van der Waals surface area contributed by atoms with Crippen molar-refractivity contribution in [1.29, 1.82) is 0 Å². The first-order chi connectivity index (χ1) is 12.1. The smallest absolute Gasteiger partial charge is 0.252 e. The molecule has 2 rings (SSSR count). The van der Waals surface area contributed by atoms with Gasteiger partial charge in [0.1, 0.15) is 0 Å². The lowest BCUT2D eigenvalue weighted by atomic mass is 10.0. The van der Waals surface area contributed by atoms with Crippen LogP contribution in [0.5, 0.6) is 17.2 Å². The van der Waals surface area contributed by atoms with Crippen molar-refractivity contribution in [1.82, 2.24) is 5.32 Å². The van der Waals surface area contributed by atoms with Crippen LogP contribution in [-0.4, -0.2) is 27.2 Å². The zero-order valence-electron chi connectivity index (χ0n) is 15.2. The van der Waals surface area contributed by atoms with Gasteiger partial charge in [-0.1, -0.05) is 43.7 Å². The van der Waals surface area contributed by atoms with Gasteiger partial charge in [-0.25, -0.2) is 0 Å². The van der Waals surface area contributed by atoms with Crippen molar-refractivity contribution >= 4 is 5.91 Å². The molecule has 0 aliphatic rings. The maximum Gasteiger partial charge on any atom is 0.252 e. The number of carbonyl (C=O) groups is 1. The van der Waals surface area contributed by atoms with E-state index in [9.17, 15) is 4.79 Å². The SMILES string of the molecule is CCC[C@H](NC(=O)c1cc(OC)c(OC)c(OC)c1)c1ccccc1. The summed E-state index contributed by atoms with van der Waals surface area (Å²) in [5.74, 6) is 1.20. The molecule has 1 amide bonds. The lowest BCUT2D eigenvalue weighted by molar-refractivity contribution is 0.0933. The predicted molar refractivity (Wildman–Crippen MR) is 97.7 cm³/mol. The summed E-state index contributed by atoms with van der Waals surface area (Å²) in [6.45, 7) is 2.10. The summed E-state index contributed by atoms with van der Waals surface area (Å²) in [5, 5.41) is 3.10. The average Bonchev–Trinajstić information content (AvgIpc) is 2.66. The number of hydrogen-bond donors (Lipinski definition) is 1. The minimum atomic E-state index is -0.179. The van der Waals surface area contributed by atoms with Gasteiger partial charge in [-0.2, -0.15) is 0 Å². The van der Waals surface area contributed by atoms with E-state index in [0.717, 1.165) is 18.4 Å². The van der Waals surface area contributed by atoms with E-state index in [1.165, 1.54) is 21.3 Å². The molecule has 2 aromatic rings. The second-order valence-electron chi connectivity index (χ2n) is 5.64. The van der Waals surface area contributed by atoms with Gasteiger partial charge >= 0.3 is 0 Å². The number of methoxy groups -OCH3 is 3. The Balaban J connectivity index is 2.29. The summed E-state index contributed by atoms with van der Waals surface area (Å²) in [4.78, 5) is 12.8. The molecule has 0 bridgehead atoms. The van der Waals surface area contributed by atoms with E-state index in [-0.39, 0.29) is 11.9 Å². The highest BCUT2D eigenvalue weighted by molar-refractivity contribution is 5.95. The summed E-state index contributed by atoms with van der Waals surface area (Å²) >= 11 is 0. The van der Waals surface area contributed by atoms with E-state index < -0.39 is 0 Å². The first kappa shape index (κ1) is 18.6. The summed E-state index contributed by atoms with van der Waals surface area (Å²) in [6, 6.07) is 13.2. The van der Waals surface area contributed by atoms with Gasteiger partial charge in [0.25, 0.3) is 5.91 Å². The van der Waals surface area contributed by atoms with E-state index in [4.69, 9.17) is 14.2 Å². The Labute approximate surface area is 148 Å². The van der Waals surface area contributed by atoms with Gasteiger partial charge in [0.15, 0.2) is 11.5 Å². The molecule has 0 aliphatic carbocycles. The zero-order valence-corrected chi connectivity index (χ0v) is 15.2. The maximum atomic E-state index is 12.8. The number of rotatable bonds is 8. The fraction of sp³-hybridized carbons (Fsp3) is 0.350. The highest BCUT2D eigenvalue weighted by Crippen LogP contribution is 2.38. The van der Waals surface area contributed by atoms with Crippen molar-refractivity contribution in [3.8, 4) is 17.2 Å². The Morgan fingerprint density at radius 3 is 2.08 bits per heavy atom. The van der Waals surface area contributed by atoms with Crippen molar-refractivity contribution in [3.05, 3.63) is 53.6 Å². The van der Waals surface area contributed by atoms with Crippen LogP contribution in [0.3, 0.4) is 0 Å². The molecule has 2 aromatic carbocycles. The summed E-state index contributed by atoms with van der Waals surface area (Å²) in [5.41, 5.74) is 1.55. The van der Waals surface area contributed by atoms with Crippen molar-refractivity contribution < 1.29 is 19.0 Å². The maximum absolute atomic E-state index is 12.8. The molecule has 1 atom stereocenters. The minimum absolute atomic E-state index is 0.0437. The molecule has 25 heavy (non-hydrogen) atoms. The number of ether oxygens (including phenoxy) is 3. The van der Waals surface area contributed by atoms with Gasteiger partial charge in [-0.05, 0) is 24.1 Å². The van der Waals surface area contributed by atoms with E-state index in [1.807, 2.05) is 30.3 Å². The molecule has 0 aromatic heterocycles. The second kappa shape index (κ2) is 8.97. The van der Waals surface area contributed by atoms with Crippen molar-refractivity contribution in [3.63, 3.8) is 0 Å². The van der Waals surface area contributed by atoms with E-state index in [1.54, 1.807) is 12.1 Å². The molecule has 5 nitrogen and oxygen atoms in total. The van der Waals surface area contributed by atoms with Crippen LogP contribution in [0.4, 0.5) is 0 Å². The molecular formula is C20H25NO4. The van der Waals surface area contributed by atoms with Crippen LogP contribution >= 0.6 is 0 Å². The number of nitrogens with one attached hydrogen (secondary N) is 1. The molecule has 5 heteroatoms. The lowest BCUT2D eigenvalue weighted by Gasteiger charge is -2.20. The number of amides is 1. The molecule has 0 saturated carbocycles. The number of hydrogen-bond acceptors (Lipinski definition) is 4. The summed E-state index contributed by atoms with van der Waals surface area (Å²) < 4.78 is 15.9. The fourth-order valence-electron chi connectivity index (χ4n) is 2.75. The minimum Gasteiger partial charge on any atom is -0.493 e. The van der Waals surface area contributed by atoms with Gasteiger partial charge < -0.3 is 19.5 Å². The number of benzene rings is 2. The Hall–Kier alpha value is -2.69. The predicted octanol–water partition coefficient (Wildman–Crippen LogP) is 3.98. The third kappa shape index (κ3) is 4.44. The first-order valence-electron chi connectivity index (χ1n) is 8.30. The average molecular weight is 343 g/mol. The molecule has 1 N–H and O–H groups in total. The van der Waals surface area contributed by atoms with Gasteiger partial charge in [0, 0.05) is 5.56 Å². The quantitative estimate of drug-likeness (QED) is 0.787. The van der Waals surface area contributed by atoms with Crippen LogP contribution in [0.25, 0.3) is 0 Å². The lowest BCUT2D eigenvalue weighted by Crippen LogP contribution is -2.28. The monoisotopic (exact) mass is 343 g/mol. The van der Waals surface area contributed by atoms with Crippen LogP contribution < -0.4 is 19.5 Å². The second-order valence-corrected chi connectivity index (χ2v) is 5.64. The highest BCUT2D eigenvalue weighted by atomic mass is 16.5. The molecule has 0 spiro atoms. The topological polar surface area (TPSA) is 56.8 Å². The molecule has 0 radical (unpaired) electrons. The van der Waals surface area contributed by atoms with Gasteiger partial charge in [0.2, 0.25) is 5.75 Å². The normalized spacial score (nSPS) is 11.5. The van der Waals surface area contributed by atoms with E-state index in [2.05, 4.69) is 12.2 Å². The highest BCUT2D eigenvalue weighted by Gasteiger charge is 2.19. The Kier molecular flexibility index (Phi) is 6.69. The Morgan fingerprint density at radius 2 is 1.60 bits per heavy atom. The van der Waals surface area contributed by atoms with Crippen LogP contribution in [0.1, 0.15) is 41.7 Å². The van der Waals surface area contributed by atoms with Crippen LogP contribution in [0.15, 0.2) is 42.5 Å². The van der Waals surface area contributed by atoms with Crippen molar-refractivity contribution in [2.45, 2.75) is 25.8 Å². The third-order valence-corrected chi connectivity index (χ3v) is 4.01. The number of carbonyl (C=O) groups excluding carboxylic acids is 1. The third-order valence-electron chi connectivity index (χ3n) is 4.01. The molecule has 0 unspecified atom stereocenters. The standard InChI is InChI=1S/C20H25NO4/c1-5-9-16(14-10-7-6-8-11-14)21-20(22)15-12-17(23-2)19(25-4)18(13-15)24-3/h6-8,10-13,16H,5,9H2,1-4H3,(H,21,22)/t16-/m0/s1. The fourth-order valence-corrected chi connectivity index (χ4v) is 2.75. The molecular weight excluding hydrogens is 318 g/mol. The van der Waals surface area contributed by atoms with E-state index >= 15 is 0 Å². The molecule has 0 aliphatic heterocycles. The summed E-state index contributed by atoms with van der Waals surface area (Å²) in [7, 11) is 4.60. The van der Waals surface area contributed by atoms with Crippen LogP contribution in [-0.2, 0) is 0 Å². The zero-order chi connectivity index (χ0) is 18.2. The van der Waals surface area contributed by atoms with Crippen LogP contribution in [0, 0.1) is 0 Å². The molecule has 134 valence electrons. The van der Waals surface area contributed by atoms with E-state index in [0.29, 0.717) is 22.8 Å². The largest absolute Gasteiger partial charge is 0.493 e. The molecule has 0 saturated heterocycles. The summed E-state index contributed by atoms with van der Waals surface area (Å²) in [6.07, 6.45) is 1.83. The van der Waals surface area contributed by atoms with Crippen molar-refractivity contribution in [2.24, 2.45) is 0 Å².